The largest absolute Gasteiger partial charge is 0.444 e. The van der Waals surface area contributed by atoms with Crippen molar-refractivity contribution in [2.75, 3.05) is 19.7 Å². The fraction of sp³-hybridized carbons (Fsp3) is 0.900. The normalized spacial score (nSPS) is 22.5. The third-order valence-corrected chi connectivity index (χ3v) is 7.10. The smallest absolute Gasteiger partial charge is 0.410 e. The van der Waals surface area contributed by atoms with Gasteiger partial charge in [0, 0.05) is 37.2 Å². The number of aldehydes is 1. The van der Waals surface area contributed by atoms with Crippen LogP contribution in [0.25, 0.3) is 0 Å². The standard InChI is InChI=1S/C15H29NO3.C15H27NO3/c2*1-14(2,3)19-13(18)16-11-12(8-6-7-9-17)10-15(16,4)5/h12,17H,6-11H2,1-5H3;9,12H,6-8,10-11H2,1-5H3. The monoisotopic (exact) mass is 540 g/mol. The van der Waals surface area contributed by atoms with Gasteiger partial charge < -0.3 is 29.2 Å². The van der Waals surface area contributed by atoms with Crippen molar-refractivity contribution >= 4 is 18.5 Å². The van der Waals surface area contributed by atoms with Gasteiger partial charge in [-0.25, -0.2) is 9.59 Å². The van der Waals surface area contributed by atoms with E-state index in [1.807, 2.05) is 51.3 Å². The number of ether oxygens (including phenoxy) is 2. The van der Waals surface area contributed by atoms with Crippen LogP contribution in [0.1, 0.15) is 121 Å². The molecular formula is C30H56N2O6. The van der Waals surface area contributed by atoms with Crippen LogP contribution in [0.15, 0.2) is 0 Å². The van der Waals surface area contributed by atoms with Crippen LogP contribution in [0.4, 0.5) is 9.59 Å². The molecule has 0 saturated carbocycles. The van der Waals surface area contributed by atoms with Crippen LogP contribution in [0.2, 0.25) is 0 Å². The van der Waals surface area contributed by atoms with Crippen LogP contribution in [-0.4, -0.2) is 75.4 Å². The van der Waals surface area contributed by atoms with Crippen LogP contribution >= 0.6 is 0 Å². The Balaban J connectivity index is 0.000000380. The first-order valence-corrected chi connectivity index (χ1v) is 14.4. The molecule has 2 atom stereocenters. The summed E-state index contributed by atoms with van der Waals surface area (Å²) in [5.41, 5.74) is -1.19. The summed E-state index contributed by atoms with van der Waals surface area (Å²) in [5, 5.41) is 8.83. The third-order valence-electron chi connectivity index (χ3n) is 7.10. The van der Waals surface area contributed by atoms with E-state index in [0.29, 0.717) is 18.3 Å². The number of nitrogens with zero attached hydrogens (tertiary/aromatic N) is 2. The molecule has 0 aromatic carbocycles. The van der Waals surface area contributed by atoms with Crippen molar-refractivity contribution < 1.29 is 29.0 Å². The summed E-state index contributed by atoms with van der Waals surface area (Å²) in [6.45, 7) is 21.5. The second-order valence-electron chi connectivity index (χ2n) is 14.3. The molecule has 8 heteroatoms. The zero-order valence-corrected chi connectivity index (χ0v) is 25.9. The minimum absolute atomic E-state index is 0.133. The van der Waals surface area contributed by atoms with E-state index >= 15 is 0 Å². The highest BCUT2D eigenvalue weighted by Crippen LogP contribution is 2.37. The number of aliphatic hydroxyl groups is 1. The molecule has 2 aliphatic heterocycles. The van der Waals surface area contributed by atoms with Crippen molar-refractivity contribution in [1.29, 1.82) is 0 Å². The lowest BCUT2D eigenvalue weighted by molar-refractivity contribution is -0.108. The molecule has 38 heavy (non-hydrogen) atoms. The zero-order chi connectivity index (χ0) is 29.4. The van der Waals surface area contributed by atoms with Crippen LogP contribution < -0.4 is 0 Å². The van der Waals surface area contributed by atoms with E-state index in [0.717, 1.165) is 64.3 Å². The number of hydrogen-bond acceptors (Lipinski definition) is 6. The number of aliphatic hydroxyl groups excluding tert-OH is 1. The van der Waals surface area contributed by atoms with Gasteiger partial charge in [0.2, 0.25) is 0 Å². The first-order chi connectivity index (χ1) is 17.3. The molecule has 0 spiro atoms. The predicted octanol–water partition coefficient (Wildman–Crippen LogP) is 6.58. The second kappa shape index (κ2) is 14.0. The molecule has 8 nitrogen and oxygen atoms in total. The molecule has 2 amide bonds. The summed E-state index contributed by atoms with van der Waals surface area (Å²) in [6.07, 6.45) is 8.00. The van der Waals surface area contributed by atoms with Crippen molar-refractivity contribution in [3.8, 4) is 0 Å². The lowest BCUT2D eigenvalue weighted by Crippen LogP contribution is -2.45. The number of unbranched alkanes of at least 4 members (excludes halogenated alkanes) is 2. The van der Waals surface area contributed by atoms with Gasteiger partial charge in [0.05, 0.1) is 0 Å². The molecule has 0 radical (unpaired) electrons. The molecule has 0 aromatic heterocycles. The van der Waals surface area contributed by atoms with E-state index in [2.05, 4.69) is 27.7 Å². The van der Waals surface area contributed by atoms with Gasteiger partial charge in [0.1, 0.15) is 17.5 Å². The van der Waals surface area contributed by atoms with E-state index < -0.39 is 11.2 Å². The first kappa shape index (κ1) is 34.2. The Morgan fingerprint density at radius 2 is 1.18 bits per heavy atom. The van der Waals surface area contributed by atoms with Crippen molar-refractivity contribution in [3.63, 3.8) is 0 Å². The molecule has 222 valence electrons. The first-order valence-electron chi connectivity index (χ1n) is 14.4. The number of carbonyl (C=O) groups excluding carboxylic acids is 3. The average molecular weight is 541 g/mol. The summed E-state index contributed by atoms with van der Waals surface area (Å²) in [5.74, 6) is 0.997. The summed E-state index contributed by atoms with van der Waals surface area (Å²) >= 11 is 0. The summed E-state index contributed by atoms with van der Waals surface area (Å²) < 4.78 is 10.9. The number of rotatable bonds is 8. The van der Waals surface area contributed by atoms with E-state index in [1.54, 1.807) is 0 Å². The summed E-state index contributed by atoms with van der Waals surface area (Å²) in [7, 11) is 0. The second-order valence-corrected chi connectivity index (χ2v) is 14.3. The van der Waals surface area contributed by atoms with Crippen molar-refractivity contribution in [2.45, 2.75) is 143 Å². The average Bonchev–Trinajstić information content (AvgIpc) is 3.20. The molecule has 0 aliphatic carbocycles. The summed E-state index contributed by atoms with van der Waals surface area (Å²) in [4.78, 5) is 38.5. The minimum Gasteiger partial charge on any atom is -0.444 e. The molecule has 2 rings (SSSR count). The summed E-state index contributed by atoms with van der Waals surface area (Å²) in [6, 6.07) is 0. The van der Waals surface area contributed by atoms with Gasteiger partial charge in [0.25, 0.3) is 0 Å². The zero-order valence-electron chi connectivity index (χ0n) is 25.9. The molecule has 0 bridgehead atoms. The van der Waals surface area contributed by atoms with Crippen molar-refractivity contribution in [2.24, 2.45) is 11.8 Å². The number of amides is 2. The highest BCUT2D eigenvalue weighted by Gasteiger charge is 2.43. The molecule has 0 aromatic rings. The Hall–Kier alpha value is -1.83. The Morgan fingerprint density at radius 3 is 1.53 bits per heavy atom. The minimum atomic E-state index is -0.456. The van der Waals surface area contributed by atoms with Gasteiger partial charge in [-0.15, -0.1) is 0 Å². The maximum absolute atomic E-state index is 12.2. The molecule has 2 heterocycles. The van der Waals surface area contributed by atoms with Crippen LogP contribution in [0.5, 0.6) is 0 Å². The van der Waals surface area contributed by atoms with E-state index in [9.17, 15) is 14.4 Å². The Morgan fingerprint density at radius 1 is 0.789 bits per heavy atom. The van der Waals surface area contributed by atoms with Crippen LogP contribution in [-0.2, 0) is 14.3 Å². The molecule has 1 N–H and O–H groups in total. The van der Waals surface area contributed by atoms with Gasteiger partial charge in [-0.3, -0.25) is 0 Å². The number of likely N-dealkylation sites (tertiary alicyclic amines) is 2. The lowest BCUT2D eigenvalue weighted by Gasteiger charge is -2.33. The third kappa shape index (κ3) is 11.9. The topological polar surface area (TPSA) is 96.4 Å². The van der Waals surface area contributed by atoms with Gasteiger partial charge in [-0.2, -0.15) is 0 Å². The lowest BCUT2D eigenvalue weighted by atomic mass is 9.93. The van der Waals surface area contributed by atoms with Crippen molar-refractivity contribution in [1.82, 2.24) is 9.80 Å². The van der Waals surface area contributed by atoms with Gasteiger partial charge in [-0.1, -0.05) is 6.42 Å². The Labute approximate surface area is 231 Å². The maximum atomic E-state index is 12.2. The highest BCUT2D eigenvalue weighted by atomic mass is 16.6. The van der Waals surface area contributed by atoms with E-state index in [-0.39, 0.29) is 29.9 Å². The SMILES string of the molecule is CC(C)(C)OC(=O)N1CC(CCCC=O)CC1(C)C.CC(C)(C)OC(=O)N1CC(CCCCO)CC1(C)C. The molecule has 2 aliphatic rings. The van der Waals surface area contributed by atoms with Gasteiger partial charge in [-0.05, 0) is 120 Å². The highest BCUT2D eigenvalue weighted by molar-refractivity contribution is 5.70. The van der Waals surface area contributed by atoms with Gasteiger partial charge in [0.15, 0.2) is 0 Å². The maximum Gasteiger partial charge on any atom is 0.410 e. The molecular weight excluding hydrogens is 484 g/mol. The number of hydrogen-bond donors (Lipinski definition) is 1. The molecule has 2 unspecified atom stereocenters. The Kier molecular flexibility index (Phi) is 12.6. The van der Waals surface area contributed by atoms with Crippen LogP contribution in [0.3, 0.4) is 0 Å². The van der Waals surface area contributed by atoms with E-state index in [4.69, 9.17) is 14.6 Å². The van der Waals surface area contributed by atoms with E-state index in [1.165, 1.54) is 0 Å². The van der Waals surface area contributed by atoms with Crippen molar-refractivity contribution in [3.05, 3.63) is 0 Å². The fourth-order valence-electron chi connectivity index (χ4n) is 5.47. The fourth-order valence-corrected chi connectivity index (χ4v) is 5.47. The quantitative estimate of drug-likeness (QED) is 0.276. The number of carbonyl (C=O) groups is 3. The molecule has 2 fully saturated rings. The molecule has 2 saturated heterocycles. The van der Waals surface area contributed by atoms with Gasteiger partial charge >= 0.3 is 12.2 Å². The Bertz CT molecular complexity index is 766. The predicted molar refractivity (Wildman–Crippen MR) is 151 cm³/mol. The van der Waals surface area contributed by atoms with Crippen LogP contribution in [0, 0.1) is 11.8 Å².